The van der Waals surface area contributed by atoms with Crippen molar-refractivity contribution in [3.63, 3.8) is 0 Å². The highest BCUT2D eigenvalue weighted by Gasteiger charge is 2.14. The number of amides is 1. The molecule has 6 nitrogen and oxygen atoms in total. The van der Waals surface area contributed by atoms with E-state index in [0.717, 1.165) is 39.6 Å². The van der Waals surface area contributed by atoms with Crippen molar-refractivity contribution in [2.24, 2.45) is 0 Å². The van der Waals surface area contributed by atoms with Crippen LogP contribution in [0, 0.1) is 0 Å². The van der Waals surface area contributed by atoms with Crippen LogP contribution < -0.4 is 14.8 Å². The molecule has 0 fully saturated rings. The summed E-state index contributed by atoms with van der Waals surface area (Å²) in [5.41, 5.74) is 5.22. The third-order valence-electron chi connectivity index (χ3n) is 6.03. The van der Waals surface area contributed by atoms with Crippen LogP contribution in [0.5, 0.6) is 11.5 Å². The number of carbonyl (C=O) groups excluding carboxylic acids is 1. The van der Waals surface area contributed by atoms with E-state index < -0.39 is 0 Å². The molecule has 0 spiro atoms. The van der Waals surface area contributed by atoms with E-state index in [4.69, 9.17) is 14.6 Å². The lowest BCUT2D eigenvalue weighted by molar-refractivity contribution is 0.0951. The number of aromatic nitrogens is 2. The van der Waals surface area contributed by atoms with Crippen LogP contribution in [-0.4, -0.2) is 22.3 Å². The maximum Gasteiger partial charge on any atom is 0.251 e. The molecule has 0 atom stereocenters. The first-order valence-electron chi connectivity index (χ1n) is 12.6. The molecule has 0 radical (unpaired) electrons. The Morgan fingerprint density at radius 2 is 1.50 bits per heavy atom. The van der Waals surface area contributed by atoms with Gasteiger partial charge in [-0.15, -0.1) is 0 Å². The van der Waals surface area contributed by atoms with E-state index in [1.54, 1.807) is 6.07 Å². The molecule has 0 unspecified atom stereocenters. The molecule has 1 aromatic heterocycles. The van der Waals surface area contributed by atoms with Gasteiger partial charge < -0.3 is 14.8 Å². The predicted molar refractivity (Wildman–Crippen MR) is 149 cm³/mol. The fraction of sp³-hybridized carbons (Fsp3) is 0.125. The first kappa shape index (κ1) is 24.8. The lowest BCUT2D eigenvalue weighted by atomic mass is 10.1. The Morgan fingerprint density at radius 3 is 2.21 bits per heavy atom. The average molecular weight is 504 g/mol. The minimum Gasteiger partial charge on any atom is -0.494 e. The summed E-state index contributed by atoms with van der Waals surface area (Å²) in [6, 6.07) is 34.9. The summed E-state index contributed by atoms with van der Waals surface area (Å²) in [5.74, 6) is 1.40. The molecular formula is C32H29N3O3. The van der Waals surface area contributed by atoms with E-state index in [2.05, 4.69) is 5.32 Å². The second kappa shape index (κ2) is 11.9. The molecule has 1 heterocycles. The van der Waals surface area contributed by atoms with Crippen molar-refractivity contribution < 1.29 is 14.3 Å². The number of hydrogen-bond acceptors (Lipinski definition) is 4. The lowest BCUT2D eigenvalue weighted by Gasteiger charge is -2.10. The van der Waals surface area contributed by atoms with Gasteiger partial charge in [-0.25, -0.2) is 4.68 Å². The maximum absolute atomic E-state index is 13.1. The predicted octanol–water partition coefficient (Wildman–Crippen LogP) is 6.45. The minimum absolute atomic E-state index is 0.153. The van der Waals surface area contributed by atoms with Gasteiger partial charge in [0.15, 0.2) is 0 Å². The smallest absolute Gasteiger partial charge is 0.251 e. The molecule has 5 aromatic rings. The fourth-order valence-corrected chi connectivity index (χ4v) is 4.14. The summed E-state index contributed by atoms with van der Waals surface area (Å²) in [7, 11) is 0. The lowest BCUT2D eigenvalue weighted by Crippen LogP contribution is -2.23. The quantitative estimate of drug-likeness (QED) is 0.238. The molecule has 5 rings (SSSR count). The first-order valence-corrected chi connectivity index (χ1v) is 12.6. The fourth-order valence-electron chi connectivity index (χ4n) is 4.14. The SMILES string of the molecule is CCOc1ccc(OCc2cccc(C(=O)NCc3cn(-c4ccccc4)nc3-c3ccccc3)c2)cc1. The topological polar surface area (TPSA) is 65.4 Å². The van der Waals surface area contributed by atoms with Crippen molar-refractivity contribution in [3.05, 3.63) is 132 Å². The summed E-state index contributed by atoms with van der Waals surface area (Å²) in [4.78, 5) is 13.1. The highest BCUT2D eigenvalue weighted by molar-refractivity contribution is 5.94. The zero-order chi connectivity index (χ0) is 26.2. The third-order valence-corrected chi connectivity index (χ3v) is 6.03. The van der Waals surface area contributed by atoms with Crippen molar-refractivity contribution in [1.29, 1.82) is 0 Å². The molecular weight excluding hydrogens is 474 g/mol. The third kappa shape index (κ3) is 6.10. The van der Waals surface area contributed by atoms with Gasteiger partial charge in [0.05, 0.1) is 18.0 Å². The van der Waals surface area contributed by atoms with E-state index in [0.29, 0.717) is 25.3 Å². The molecule has 38 heavy (non-hydrogen) atoms. The molecule has 0 bridgehead atoms. The monoisotopic (exact) mass is 503 g/mol. The molecule has 0 saturated heterocycles. The van der Waals surface area contributed by atoms with Crippen LogP contribution in [0.15, 0.2) is 115 Å². The Hall–Kier alpha value is -4.84. The van der Waals surface area contributed by atoms with E-state index in [1.807, 2.05) is 121 Å². The van der Waals surface area contributed by atoms with Crippen molar-refractivity contribution in [3.8, 4) is 28.4 Å². The van der Waals surface area contributed by atoms with Crippen LogP contribution in [0.3, 0.4) is 0 Å². The van der Waals surface area contributed by atoms with Crippen LogP contribution in [-0.2, 0) is 13.2 Å². The van der Waals surface area contributed by atoms with Gasteiger partial charge in [-0.1, -0.05) is 60.7 Å². The summed E-state index contributed by atoms with van der Waals surface area (Å²) >= 11 is 0. The Kier molecular flexibility index (Phi) is 7.80. The highest BCUT2D eigenvalue weighted by atomic mass is 16.5. The average Bonchev–Trinajstić information content (AvgIpc) is 3.41. The molecule has 0 aliphatic heterocycles. The van der Waals surface area contributed by atoms with Crippen LogP contribution in [0.25, 0.3) is 16.9 Å². The number of benzene rings is 4. The van der Waals surface area contributed by atoms with Gasteiger partial charge in [0, 0.05) is 29.4 Å². The minimum atomic E-state index is -0.153. The Balaban J connectivity index is 1.27. The summed E-state index contributed by atoms with van der Waals surface area (Å²) in [5, 5.41) is 7.89. The summed E-state index contributed by atoms with van der Waals surface area (Å²) in [6.07, 6.45) is 1.97. The maximum atomic E-state index is 13.1. The van der Waals surface area contributed by atoms with Crippen molar-refractivity contribution in [2.75, 3.05) is 6.61 Å². The second-order valence-electron chi connectivity index (χ2n) is 8.73. The number of carbonyl (C=O) groups is 1. The molecule has 0 aliphatic carbocycles. The van der Waals surface area contributed by atoms with Gasteiger partial charge in [0.2, 0.25) is 0 Å². The van der Waals surface area contributed by atoms with E-state index in [-0.39, 0.29) is 5.91 Å². The van der Waals surface area contributed by atoms with Crippen molar-refractivity contribution in [1.82, 2.24) is 15.1 Å². The Bertz CT molecular complexity index is 1480. The van der Waals surface area contributed by atoms with E-state index >= 15 is 0 Å². The standard InChI is InChI=1S/C32H29N3O3/c1-2-37-29-16-18-30(19-17-29)38-23-24-10-9-13-26(20-24)32(36)33-21-27-22-35(28-14-7-4-8-15-28)34-31(27)25-11-5-3-6-12-25/h3-20,22H,2,21,23H2,1H3,(H,33,36). The van der Waals surface area contributed by atoms with Crippen LogP contribution >= 0.6 is 0 Å². The first-order chi connectivity index (χ1) is 18.7. The van der Waals surface area contributed by atoms with Gasteiger partial charge in [-0.05, 0) is 61.0 Å². The normalized spacial score (nSPS) is 10.7. The molecule has 1 N–H and O–H groups in total. The van der Waals surface area contributed by atoms with Crippen molar-refractivity contribution >= 4 is 5.91 Å². The van der Waals surface area contributed by atoms with E-state index in [1.165, 1.54) is 0 Å². The zero-order valence-electron chi connectivity index (χ0n) is 21.2. The zero-order valence-corrected chi connectivity index (χ0v) is 21.2. The van der Waals surface area contributed by atoms with Gasteiger partial charge >= 0.3 is 0 Å². The number of para-hydroxylation sites is 1. The van der Waals surface area contributed by atoms with Gasteiger partial charge in [0.25, 0.3) is 5.91 Å². The number of ether oxygens (including phenoxy) is 2. The van der Waals surface area contributed by atoms with Crippen LogP contribution in [0.2, 0.25) is 0 Å². The van der Waals surface area contributed by atoms with Crippen molar-refractivity contribution in [2.45, 2.75) is 20.1 Å². The molecule has 4 aromatic carbocycles. The molecule has 1 amide bonds. The Labute approximate surface area is 222 Å². The second-order valence-corrected chi connectivity index (χ2v) is 8.73. The Morgan fingerprint density at radius 1 is 0.816 bits per heavy atom. The molecule has 6 heteroatoms. The molecule has 190 valence electrons. The number of rotatable bonds is 10. The van der Waals surface area contributed by atoms with Crippen LogP contribution in [0.1, 0.15) is 28.4 Å². The number of nitrogens with zero attached hydrogens (tertiary/aromatic N) is 2. The number of hydrogen-bond donors (Lipinski definition) is 1. The summed E-state index contributed by atoms with van der Waals surface area (Å²) < 4.78 is 13.2. The van der Waals surface area contributed by atoms with Crippen LogP contribution in [0.4, 0.5) is 0 Å². The van der Waals surface area contributed by atoms with Gasteiger partial charge in [-0.3, -0.25) is 4.79 Å². The van der Waals surface area contributed by atoms with Gasteiger partial charge in [0.1, 0.15) is 18.1 Å². The van der Waals surface area contributed by atoms with Gasteiger partial charge in [-0.2, -0.15) is 5.10 Å². The molecule has 0 aliphatic rings. The largest absolute Gasteiger partial charge is 0.494 e. The molecule has 0 saturated carbocycles. The number of nitrogens with one attached hydrogen (secondary N) is 1. The highest BCUT2D eigenvalue weighted by Crippen LogP contribution is 2.24. The summed E-state index contributed by atoms with van der Waals surface area (Å²) in [6.45, 7) is 3.28. The van der Waals surface area contributed by atoms with E-state index in [9.17, 15) is 4.79 Å².